The van der Waals surface area contributed by atoms with E-state index in [9.17, 15) is 19.2 Å². The molecule has 8 rings (SSSR count). The molecular weight excluding hydrogens is 1510 g/mol. The molecular formula is C107H186N2O12. The number of hydrogen-bond donors (Lipinski definition) is 1. The van der Waals surface area contributed by atoms with Gasteiger partial charge in [-0.05, 0) is 223 Å². The molecule has 5 saturated carbocycles. The summed E-state index contributed by atoms with van der Waals surface area (Å²) in [6.45, 7) is 30.0. The van der Waals surface area contributed by atoms with E-state index >= 15 is 0 Å². The molecule has 0 bridgehead atoms. The number of fused-ring (bicyclic) bond motifs is 5. The third-order valence-corrected chi connectivity index (χ3v) is 31.1. The van der Waals surface area contributed by atoms with Gasteiger partial charge in [-0.2, -0.15) is 0 Å². The van der Waals surface area contributed by atoms with Crippen molar-refractivity contribution in [3.63, 3.8) is 0 Å². The molecule has 2 aromatic carbocycles. The third kappa shape index (κ3) is 37.7. The van der Waals surface area contributed by atoms with E-state index in [1.54, 1.807) is 45.4 Å². The lowest BCUT2D eigenvalue weighted by Crippen LogP contribution is -2.55. The molecule has 2 amide bonds. The number of benzene rings is 2. The van der Waals surface area contributed by atoms with Crippen molar-refractivity contribution in [3.05, 3.63) is 71.8 Å². The summed E-state index contributed by atoms with van der Waals surface area (Å²) in [6, 6.07) is 18.1. The van der Waals surface area contributed by atoms with E-state index in [4.69, 9.17) is 37.9 Å². The summed E-state index contributed by atoms with van der Waals surface area (Å²) >= 11 is 0. The first-order valence-corrected chi connectivity index (χ1v) is 51.2. The van der Waals surface area contributed by atoms with Crippen molar-refractivity contribution in [2.75, 3.05) is 67.5 Å². The van der Waals surface area contributed by atoms with Crippen molar-refractivity contribution in [1.29, 1.82) is 0 Å². The molecule has 5 aliphatic carbocycles. The zero-order valence-electron chi connectivity index (χ0n) is 80.4. The van der Waals surface area contributed by atoms with Crippen molar-refractivity contribution in [1.82, 2.24) is 10.2 Å². The van der Waals surface area contributed by atoms with Crippen LogP contribution in [-0.2, 0) is 47.5 Å². The lowest BCUT2D eigenvalue weighted by Gasteiger charge is -2.61. The second-order valence-electron chi connectivity index (χ2n) is 39.7. The minimum Gasteiger partial charge on any atom is -0.462 e. The van der Waals surface area contributed by atoms with Crippen LogP contribution in [0.2, 0.25) is 0 Å². The van der Waals surface area contributed by atoms with E-state index in [2.05, 4.69) is 79.5 Å². The highest BCUT2D eigenvalue weighted by Gasteiger charge is 2.61. The van der Waals surface area contributed by atoms with Gasteiger partial charge in [-0.15, -0.1) is 0 Å². The quantitative estimate of drug-likeness (QED) is 0.0494. The Morgan fingerprint density at radius 1 is 0.496 bits per heavy atom. The van der Waals surface area contributed by atoms with E-state index in [1.807, 2.05) is 43.5 Å². The molecule has 1 N–H and O–H groups in total. The molecule has 6 aliphatic rings. The molecule has 696 valence electrons. The van der Waals surface area contributed by atoms with Gasteiger partial charge in [-0.1, -0.05) is 298 Å². The number of nitrogens with zero attached hydrogens (tertiary/aromatic N) is 1. The molecule has 121 heavy (non-hydrogen) atoms. The summed E-state index contributed by atoms with van der Waals surface area (Å²) in [5.41, 5.74) is 2.14. The third-order valence-electron chi connectivity index (χ3n) is 31.1. The summed E-state index contributed by atoms with van der Waals surface area (Å²) in [5.74, 6) is 6.10. The monoisotopic (exact) mass is 1690 g/mol. The Balaban J connectivity index is 0.000000327. The number of methoxy groups -OCH3 is 3. The van der Waals surface area contributed by atoms with Crippen molar-refractivity contribution >= 4 is 23.8 Å². The molecule has 19 atom stereocenters. The summed E-state index contributed by atoms with van der Waals surface area (Å²) in [4.78, 5) is 53.1. The van der Waals surface area contributed by atoms with Crippen LogP contribution in [0.1, 0.15) is 424 Å². The van der Waals surface area contributed by atoms with Gasteiger partial charge < -0.3 is 48.1 Å². The smallest absolute Gasteiger partial charge is 0.338 e. The number of hydrogen-bond acceptors (Lipinski definition) is 12. The van der Waals surface area contributed by atoms with Gasteiger partial charge >= 0.3 is 11.9 Å². The molecule has 1 saturated heterocycles. The number of ether oxygens (including phenoxy) is 8. The van der Waals surface area contributed by atoms with Crippen LogP contribution in [0.15, 0.2) is 60.7 Å². The maximum Gasteiger partial charge on any atom is 0.338 e. The molecule has 1 heterocycles. The average molecular weight is 1690 g/mol. The predicted molar refractivity (Wildman–Crippen MR) is 501 cm³/mol. The number of carbonyl (C=O) groups excluding carboxylic acids is 4. The van der Waals surface area contributed by atoms with Crippen LogP contribution in [0.5, 0.6) is 0 Å². The second-order valence-corrected chi connectivity index (χ2v) is 39.7. The van der Waals surface area contributed by atoms with Crippen LogP contribution in [0.4, 0.5) is 0 Å². The van der Waals surface area contributed by atoms with Gasteiger partial charge in [-0.25, -0.2) is 9.59 Å². The van der Waals surface area contributed by atoms with Gasteiger partial charge in [0.15, 0.2) is 12.4 Å². The Labute approximate surface area is 742 Å². The summed E-state index contributed by atoms with van der Waals surface area (Å²) in [6.07, 6.45) is 66.8. The van der Waals surface area contributed by atoms with Crippen LogP contribution < -0.4 is 5.32 Å². The van der Waals surface area contributed by atoms with Crippen LogP contribution >= 0.6 is 0 Å². The fourth-order valence-electron chi connectivity index (χ4n) is 22.9. The largest absolute Gasteiger partial charge is 0.462 e. The van der Waals surface area contributed by atoms with Crippen LogP contribution in [0.25, 0.3) is 0 Å². The SMILES string of the molecule is CCC1O[C@H](OCCCCCOC)C(OC(=O)c2ccccc2)[C@@H](C)[C@@H]1C.CCCCCCCCCCCCCCCCCCN(CCCCCCCCCCCCCCCCCC)C(=O)CC[C@@H](C)[C@H]1CCC2C3CC[C@@H]4C[C@H](OC)CC[C@]4(C)C3CC[C@@]21C.COCCCCCO[C@@H]1CC(COC(=O)c2ccccc2)[C@H](C)[C@H](C)C1NC(C)=O. The Hall–Kier alpha value is -3.92. The maximum absolute atomic E-state index is 14.1. The lowest BCUT2D eigenvalue weighted by atomic mass is 9.44. The highest BCUT2D eigenvalue weighted by atomic mass is 16.7. The number of rotatable bonds is 60. The number of esters is 2. The van der Waals surface area contributed by atoms with Crippen LogP contribution in [0, 0.1) is 75.9 Å². The highest BCUT2D eigenvalue weighted by molar-refractivity contribution is 5.90. The number of carbonyl (C=O) groups is 4. The second kappa shape index (κ2) is 62.3. The lowest BCUT2D eigenvalue weighted by molar-refractivity contribution is -0.269. The number of unbranched alkanes of at least 4 members (excludes halogenated alkanes) is 34. The van der Waals surface area contributed by atoms with Crippen LogP contribution in [-0.4, -0.2) is 133 Å². The predicted octanol–water partition coefficient (Wildman–Crippen LogP) is 27.7. The molecule has 6 fully saturated rings. The fourth-order valence-corrected chi connectivity index (χ4v) is 22.9. The topological polar surface area (TPSA) is 157 Å². The van der Waals surface area contributed by atoms with Crippen molar-refractivity contribution < 1.29 is 57.1 Å². The van der Waals surface area contributed by atoms with Crippen molar-refractivity contribution in [3.8, 4) is 0 Å². The maximum atomic E-state index is 14.1. The molecule has 2 aromatic rings. The van der Waals surface area contributed by atoms with E-state index in [-0.39, 0.29) is 53.8 Å². The molecule has 0 radical (unpaired) electrons. The van der Waals surface area contributed by atoms with E-state index in [0.717, 1.165) is 120 Å². The minimum atomic E-state index is -0.517. The fraction of sp³-hybridized carbons (Fsp3) is 0.850. The molecule has 0 spiro atoms. The first-order valence-electron chi connectivity index (χ1n) is 51.2. The van der Waals surface area contributed by atoms with Crippen molar-refractivity contribution in [2.45, 2.75) is 440 Å². The highest BCUT2D eigenvalue weighted by Crippen LogP contribution is 2.68. The molecule has 1 aliphatic heterocycles. The Morgan fingerprint density at radius 3 is 1.45 bits per heavy atom. The number of amides is 2. The Kier molecular flexibility index (Phi) is 54.5. The van der Waals surface area contributed by atoms with Gasteiger partial charge in [0.2, 0.25) is 11.8 Å². The molecule has 7 unspecified atom stereocenters. The summed E-state index contributed by atoms with van der Waals surface area (Å²) in [5, 5.41) is 3.09. The Morgan fingerprint density at radius 2 is 0.959 bits per heavy atom. The average Bonchev–Trinajstić information content (AvgIpc) is 1.60. The normalized spacial score (nSPS) is 27.7. The van der Waals surface area contributed by atoms with Gasteiger partial charge in [0.25, 0.3) is 0 Å². The first kappa shape index (κ1) is 106. The van der Waals surface area contributed by atoms with Gasteiger partial charge in [0.1, 0.15) is 0 Å². The molecule has 14 nitrogen and oxygen atoms in total. The van der Waals surface area contributed by atoms with E-state index < -0.39 is 12.4 Å². The summed E-state index contributed by atoms with van der Waals surface area (Å²) in [7, 11) is 5.37. The summed E-state index contributed by atoms with van der Waals surface area (Å²) < 4.78 is 46.0. The van der Waals surface area contributed by atoms with Crippen LogP contribution in [0.3, 0.4) is 0 Å². The standard InChI is InChI=1S/C61H115NO2.C24H37NO5.C22H34O5/c1-7-9-11-13-15-17-19-21-23-25-27-29-31-33-35-37-49-62(50-38-36-34-32-30-28-26-24-22-20-18-16-14-12-10-8-2)59(63)44-39-52(3)56-42-43-57-55-41-40-53-51-54(64-6)45-47-60(53,4)58(55)46-48-61(56,57)5;1-17-18(2)23(25-19(3)26)22(29-14-10-6-9-13-28-4)15-21(17)16-30-24(27)20-11-7-5-8-12-20;1-5-19-16(2)17(3)20(27-21(23)18-12-8-6-9-13-18)22(26-19)25-15-11-7-10-14-24-4/h52-58H,7-51H2,1-6H3;5,7-8,11-12,17-18,21-23H,6,9-10,13-16H2,1-4H3,(H,25,26);6,8-9,12-13,16-17,19-20,22H,5,7,10-11,14-15H2,1-4H3/t52-,53-,54-,55?,56-,57?,58?,60+,61-;17-,18+,21?,22-,23?;16-,17-,19?,20?,22-/m110/s1. The minimum absolute atomic E-state index is 0.0300. The van der Waals surface area contributed by atoms with E-state index in [0.29, 0.717) is 71.5 Å². The zero-order chi connectivity index (χ0) is 87.3. The van der Waals surface area contributed by atoms with Gasteiger partial charge in [0.05, 0.1) is 42.1 Å². The molecule has 0 aromatic heterocycles. The van der Waals surface area contributed by atoms with Gasteiger partial charge in [-0.3, -0.25) is 9.59 Å². The molecule has 14 heteroatoms. The zero-order valence-corrected chi connectivity index (χ0v) is 80.4. The number of nitrogens with one attached hydrogen (secondary N) is 1. The van der Waals surface area contributed by atoms with E-state index in [1.165, 1.54) is 263 Å². The Bertz CT molecular complexity index is 2920. The first-order chi connectivity index (χ1) is 58.8. The van der Waals surface area contributed by atoms with Gasteiger partial charge in [0, 0.05) is 80.1 Å². The van der Waals surface area contributed by atoms with Crippen molar-refractivity contribution in [2.24, 2.45) is 75.9 Å².